The van der Waals surface area contributed by atoms with Gasteiger partial charge in [-0.2, -0.15) is 5.26 Å². The molecule has 0 aliphatic carbocycles. The highest BCUT2D eigenvalue weighted by Gasteiger charge is 2.16. The zero-order chi connectivity index (χ0) is 12.1. The molecule has 1 rings (SSSR count). The van der Waals surface area contributed by atoms with Crippen molar-refractivity contribution in [2.45, 2.75) is 20.8 Å². The largest absolute Gasteiger partial charge is 0.467 e. The van der Waals surface area contributed by atoms with E-state index < -0.39 is 5.97 Å². The molecule has 0 amide bonds. The minimum Gasteiger partial charge on any atom is -0.467 e. The predicted molar refractivity (Wildman–Crippen MR) is 57.9 cm³/mol. The number of nitriles is 1. The van der Waals surface area contributed by atoms with Gasteiger partial charge in [-0.15, -0.1) is 0 Å². The second-order valence-electron chi connectivity index (χ2n) is 3.27. The predicted octanol–water partition coefficient (Wildman–Crippen LogP) is 2.21. The minimum atomic E-state index is -0.602. The molecule has 0 fully saturated rings. The second kappa shape index (κ2) is 5.17. The molecule has 0 aromatic heterocycles. The van der Waals surface area contributed by atoms with Gasteiger partial charge in [-0.1, -0.05) is 0 Å². The summed E-state index contributed by atoms with van der Waals surface area (Å²) in [6.45, 7) is 5.47. The Morgan fingerprint density at radius 2 is 2.00 bits per heavy atom. The standard InChI is InChI=1S/C12H13NO3/c1-4-15-12(14)11(7-13)10-5-8(2)16-9(3)6-10/h5-6H,4H2,1-3H3. The lowest BCUT2D eigenvalue weighted by atomic mass is 10.1. The Balaban J connectivity index is 3.14. The number of nitrogens with zero attached hydrogens (tertiary/aromatic N) is 1. The number of hydrogen-bond acceptors (Lipinski definition) is 4. The first-order valence-electron chi connectivity index (χ1n) is 4.94. The first-order valence-corrected chi connectivity index (χ1v) is 4.94. The number of rotatable bonds is 2. The van der Waals surface area contributed by atoms with Crippen LogP contribution in [0.3, 0.4) is 0 Å². The molecule has 16 heavy (non-hydrogen) atoms. The monoisotopic (exact) mass is 219 g/mol. The summed E-state index contributed by atoms with van der Waals surface area (Å²) in [5.41, 5.74) is 0.533. The van der Waals surface area contributed by atoms with Crippen molar-refractivity contribution in [3.05, 3.63) is 34.8 Å². The van der Waals surface area contributed by atoms with Gasteiger partial charge in [0.2, 0.25) is 0 Å². The highest BCUT2D eigenvalue weighted by molar-refractivity contribution is 5.95. The van der Waals surface area contributed by atoms with E-state index in [1.165, 1.54) is 0 Å². The number of carbonyl (C=O) groups is 1. The van der Waals surface area contributed by atoms with E-state index >= 15 is 0 Å². The lowest BCUT2D eigenvalue weighted by Crippen LogP contribution is -2.09. The maximum Gasteiger partial charge on any atom is 0.349 e. The van der Waals surface area contributed by atoms with E-state index in [0.717, 1.165) is 0 Å². The normalized spacial score (nSPS) is 14.2. The molecule has 0 N–H and O–H groups in total. The molecule has 1 heterocycles. The van der Waals surface area contributed by atoms with E-state index in [9.17, 15) is 4.79 Å². The summed E-state index contributed by atoms with van der Waals surface area (Å²) in [6, 6.07) is 1.86. The van der Waals surface area contributed by atoms with E-state index in [2.05, 4.69) is 0 Å². The third-order valence-electron chi connectivity index (χ3n) is 1.92. The molecular weight excluding hydrogens is 206 g/mol. The van der Waals surface area contributed by atoms with Crippen LogP contribution in [0, 0.1) is 11.3 Å². The first-order chi connectivity index (χ1) is 7.58. The Hall–Kier alpha value is -2.02. The van der Waals surface area contributed by atoms with Gasteiger partial charge in [0.05, 0.1) is 6.61 Å². The van der Waals surface area contributed by atoms with E-state index in [-0.39, 0.29) is 12.2 Å². The van der Waals surface area contributed by atoms with Crippen LogP contribution in [0.25, 0.3) is 0 Å². The van der Waals surface area contributed by atoms with Crippen molar-refractivity contribution in [3.63, 3.8) is 0 Å². The highest BCUT2D eigenvalue weighted by Crippen LogP contribution is 2.21. The van der Waals surface area contributed by atoms with Crippen LogP contribution in [0.15, 0.2) is 34.8 Å². The van der Waals surface area contributed by atoms with Gasteiger partial charge in [0.25, 0.3) is 0 Å². The third-order valence-corrected chi connectivity index (χ3v) is 1.92. The van der Waals surface area contributed by atoms with Crippen molar-refractivity contribution in [3.8, 4) is 6.07 Å². The van der Waals surface area contributed by atoms with Gasteiger partial charge in [0.15, 0.2) is 0 Å². The van der Waals surface area contributed by atoms with Crippen LogP contribution in [0.4, 0.5) is 0 Å². The summed E-state index contributed by atoms with van der Waals surface area (Å²) < 4.78 is 10.1. The quantitative estimate of drug-likeness (QED) is 0.406. The highest BCUT2D eigenvalue weighted by atomic mass is 16.5. The minimum absolute atomic E-state index is 0.00356. The molecule has 0 unspecified atom stereocenters. The zero-order valence-corrected chi connectivity index (χ0v) is 9.53. The lowest BCUT2D eigenvalue weighted by molar-refractivity contribution is -0.138. The van der Waals surface area contributed by atoms with Crippen molar-refractivity contribution < 1.29 is 14.3 Å². The summed E-state index contributed by atoms with van der Waals surface area (Å²) in [4.78, 5) is 11.5. The Labute approximate surface area is 94.5 Å². The van der Waals surface area contributed by atoms with E-state index in [4.69, 9.17) is 14.7 Å². The van der Waals surface area contributed by atoms with Crippen LogP contribution in [0.2, 0.25) is 0 Å². The van der Waals surface area contributed by atoms with Gasteiger partial charge in [-0.3, -0.25) is 0 Å². The van der Waals surface area contributed by atoms with Crippen LogP contribution in [0.1, 0.15) is 20.8 Å². The summed E-state index contributed by atoms with van der Waals surface area (Å²) in [5.74, 6) is 0.689. The van der Waals surface area contributed by atoms with Gasteiger partial charge in [0.1, 0.15) is 23.2 Å². The van der Waals surface area contributed by atoms with Gasteiger partial charge in [0, 0.05) is 5.57 Å². The molecule has 0 aromatic rings. The lowest BCUT2D eigenvalue weighted by Gasteiger charge is -2.13. The molecular formula is C12H13NO3. The zero-order valence-electron chi connectivity index (χ0n) is 9.53. The smallest absolute Gasteiger partial charge is 0.349 e. The van der Waals surface area contributed by atoms with Crippen LogP contribution < -0.4 is 0 Å². The van der Waals surface area contributed by atoms with E-state index in [0.29, 0.717) is 17.1 Å². The maximum atomic E-state index is 11.5. The van der Waals surface area contributed by atoms with E-state index in [1.807, 2.05) is 6.07 Å². The van der Waals surface area contributed by atoms with Crippen molar-refractivity contribution >= 4 is 5.97 Å². The van der Waals surface area contributed by atoms with E-state index in [1.54, 1.807) is 32.9 Å². The fourth-order valence-corrected chi connectivity index (χ4v) is 1.37. The molecule has 0 aromatic carbocycles. The molecule has 0 spiro atoms. The number of ether oxygens (including phenoxy) is 2. The fourth-order valence-electron chi connectivity index (χ4n) is 1.37. The number of allylic oxidation sites excluding steroid dienone is 5. The molecule has 1 aliphatic heterocycles. The summed E-state index contributed by atoms with van der Waals surface area (Å²) in [5, 5.41) is 8.94. The molecule has 4 heteroatoms. The number of esters is 1. The molecule has 0 saturated carbocycles. The Morgan fingerprint density at radius 1 is 1.44 bits per heavy atom. The molecule has 0 atom stereocenters. The maximum absolute atomic E-state index is 11.5. The van der Waals surface area contributed by atoms with Crippen molar-refractivity contribution in [2.75, 3.05) is 6.61 Å². The average molecular weight is 219 g/mol. The van der Waals surface area contributed by atoms with Crippen molar-refractivity contribution in [2.24, 2.45) is 0 Å². The molecule has 0 saturated heterocycles. The second-order valence-corrected chi connectivity index (χ2v) is 3.27. The summed E-state index contributed by atoms with van der Waals surface area (Å²) >= 11 is 0. The first kappa shape index (κ1) is 12.1. The van der Waals surface area contributed by atoms with Crippen LogP contribution >= 0.6 is 0 Å². The van der Waals surface area contributed by atoms with Gasteiger partial charge in [-0.05, 0) is 32.9 Å². The van der Waals surface area contributed by atoms with Crippen LogP contribution in [-0.2, 0) is 14.3 Å². The summed E-state index contributed by atoms with van der Waals surface area (Å²) in [6.07, 6.45) is 3.28. The third kappa shape index (κ3) is 2.74. The Bertz CT molecular complexity index is 416. The van der Waals surface area contributed by atoms with Gasteiger partial charge < -0.3 is 9.47 Å². The molecule has 1 aliphatic rings. The van der Waals surface area contributed by atoms with Crippen LogP contribution in [0.5, 0.6) is 0 Å². The fraction of sp³-hybridized carbons (Fsp3) is 0.333. The average Bonchev–Trinajstić information content (AvgIpc) is 2.17. The topological polar surface area (TPSA) is 59.3 Å². The molecule has 0 bridgehead atoms. The van der Waals surface area contributed by atoms with Crippen LogP contribution in [-0.4, -0.2) is 12.6 Å². The number of hydrogen-bond donors (Lipinski definition) is 0. The molecule has 84 valence electrons. The Kier molecular flexibility index (Phi) is 3.90. The van der Waals surface area contributed by atoms with Crippen molar-refractivity contribution in [1.82, 2.24) is 0 Å². The number of carbonyl (C=O) groups excluding carboxylic acids is 1. The summed E-state index contributed by atoms with van der Waals surface area (Å²) in [7, 11) is 0. The van der Waals surface area contributed by atoms with Crippen molar-refractivity contribution in [1.29, 1.82) is 5.26 Å². The molecule has 4 nitrogen and oxygen atoms in total. The van der Waals surface area contributed by atoms with Gasteiger partial charge >= 0.3 is 5.97 Å². The molecule has 0 radical (unpaired) electrons. The van der Waals surface area contributed by atoms with Gasteiger partial charge in [-0.25, -0.2) is 4.79 Å². The SMILES string of the molecule is CCOC(=O)C(C#N)=C1C=C(C)OC(C)=C1. The Morgan fingerprint density at radius 3 is 2.44 bits per heavy atom.